The fraction of sp³-hybridized carbons (Fsp3) is 0.333. The number of carbonyl (C=O) groups is 2. The molecule has 148 valence electrons. The lowest BCUT2D eigenvalue weighted by Gasteiger charge is -2.34. The molecule has 0 aliphatic carbocycles. The number of urea groups is 1. The second-order valence-corrected chi connectivity index (χ2v) is 6.82. The van der Waals surface area contributed by atoms with Crippen LogP contribution in [0, 0.1) is 19.7 Å². The molecule has 0 atom stereocenters. The first kappa shape index (κ1) is 19.7. The maximum atomic E-state index is 14.1. The van der Waals surface area contributed by atoms with Gasteiger partial charge in [0.2, 0.25) is 5.91 Å². The van der Waals surface area contributed by atoms with Crippen molar-refractivity contribution in [2.75, 3.05) is 36.5 Å². The van der Waals surface area contributed by atoms with Crippen molar-refractivity contribution in [2.24, 2.45) is 0 Å². The minimum absolute atomic E-state index is 0.0534. The third kappa shape index (κ3) is 4.42. The summed E-state index contributed by atoms with van der Waals surface area (Å²) in [6.45, 7) is 6.90. The topological polar surface area (TPSA) is 61.9 Å². The summed E-state index contributed by atoms with van der Waals surface area (Å²) in [6, 6.07) is 9.71. The van der Waals surface area contributed by atoms with Gasteiger partial charge < -0.3 is 19.9 Å². The first-order valence-electron chi connectivity index (χ1n) is 9.24. The van der Waals surface area contributed by atoms with Crippen molar-refractivity contribution in [1.29, 1.82) is 0 Å². The average molecular weight is 385 g/mol. The zero-order chi connectivity index (χ0) is 20.3. The fourth-order valence-corrected chi connectivity index (χ4v) is 3.27. The van der Waals surface area contributed by atoms with Crippen LogP contribution in [0.2, 0.25) is 0 Å². The smallest absolute Gasteiger partial charge is 0.322 e. The number of hydrogen-bond acceptors (Lipinski definition) is 3. The minimum atomic E-state index is -0.584. The maximum absolute atomic E-state index is 14.1. The number of rotatable bonds is 4. The number of carbonyl (C=O) groups excluding carboxylic acids is 2. The lowest BCUT2D eigenvalue weighted by atomic mass is 10.1. The van der Waals surface area contributed by atoms with E-state index in [-0.39, 0.29) is 18.1 Å². The largest absolute Gasteiger partial charge is 0.494 e. The molecule has 1 N–H and O–H groups in total. The number of benzene rings is 2. The van der Waals surface area contributed by atoms with Gasteiger partial charge in [-0.05, 0) is 56.2 Å². The highest BCUT2D eigenvalue weighted by Crippen LogP contribution is 2.23. The number of halogens is 1. The van der Waals surface area contributed by atoms with Gasteiger partial charge >= 0.3 is 6.03 Å². The molecule has 0 bridgehead atoms. The minimum Gasteiger partial charge on any atom is -0.494 e. The van der Waals surface area contributed by atoms with E-state index in [2.05, 4.69) is 5.32 Å². The summed E-state index contributed by atoms with van der Waals surface area (Å²) in [5, 5.41) is 2.53. The highest BCUT2D eigenvalue weighted by atomic mass is 19.1. The van der Waals surface area contributed by atoms with Gasteiger partial charge in [0.1, 0.15) is 18.1 Å². The molecule has 6 nitrogen and oxygen atoms in total. The molecule has 0 unspecified atom stereocenters. The van der Waals surface area contributed by atoms with Crippen molar-refractivity contribution in [3.8, 4) is 5.75 Å². The Morgan fingerprint density at radius 3 is 2.46 bits per heavy atom. The van der Waals surface area contributed by atoms with E-state index < -0.39 is 11.8 Å². The van der Waals surface area contributed by atoms with E-state index in [1.807, 2.05) is 39.0 Å². The van der Waals surface area contributed by atoms with Gasteiger partial charge in [0, 0.05) is 24.8 Å². The van der Waals surface area contributed by atoms with Crippen LogP contribution in [0.4, 0.5) is 20.6 Å². The summed E-state index contributed by atoms with van der Waals surface area (Å²) in [7, 11) is 0. The van der Waals surface area contributed by atoms with Gasteiger partial charge in [0.25, 0.3) is 0 Å². The summed E-state index contributed by atoms with van der Waals surface area (Å²) in [5.74, 6) is -0.353. The van der Waals surface area contributed by atoms with Crippen LogP contribution in [0.15, 0.2) is 36.4 Å². The number of hydrogen-bond donors (Lipinski definition) is 1. The zero-order valence-electron chi connectivity index (χ0n) is 16.3. The van der Waals surface area contributed by atoms with E-state index in [9.17, 15) is 14.0 Å². The average Bonchev–Trinajstić information content (AvgIpc) is 2.63. The van der Waals surface area contributed by atoms with Gasteiger partial charge in [0.15, 0.2) is 0 Å². The summed E-state index contributed by atoms with van der Waals surface area (Å²) < 4.78 is 19.4. The molecule has 3 amide bonds. The van der Waals surface area contributed by atoms with E-state index in [0.717, 1.165) is 16.8 Å². The molecule has 0 spiro atoms. The molecule has 7 heteroatoms. The van der Waals surface area contributed by atoms with Crippen LogP contribution in [-0.2, 0) is 4.79 Å². The van der Waals surface area contributed by atoms with Gasteiger partial charge in [-0.2, -0.15) is 0 Å². The first-order valence-corrected chi connectivity index (χ1v) is 9.24. The lowest BCUT2D eigenvalue weighted by Crippen LogP contribution is -2.53. The molecule has 1 aliphatic heterocycles. The van der Waals surface area contributed by atoms with Crippen molar-refractivity contribution in [3.05, 3.63) is 53.3 Å². The quantitative estimate of drug-likeness (QED) is 0.873. The number of piperazine rings is 1. The molecule has 1 aliphatic rings. The Bertz CT molecular complexity index is 880. The van der Waals surface area contributed by atoms with Crippen LogP contribution in [-0.4, -0.2) is 43.1 Å². The molecule has 1 heterocycles. The third-order valence-electron chi connectivity index (χ3n) is 4.52. The zero-order valence-corrected chi connectivity index (χ0v) is 16.3. The Morgan fingerprint density at radius 1 is 1.14 bits per heavy atom. The van der Waals surface area contributed by atoms with Crippen molar-refractivity contribution >= 4 is 23.3 Å². The van der Waals surface area contributed by atoms with Crippen molar-refractivity contribution < 1.29 is 18.7 Å². The van der Waals surface area contributed by atoms with Gasteiger partial charge in [-0.25, -0.2) is 9.18 Å². The Balaban J connectivity index is 1.65. The monoisotopic (exact) mass is 385 g/mol. The summed E-state index contributed by atoms with van der Waals surface area (Å²) >= 11 is 0. The Hall–Kier alpha value is -3.09. The van der Waals surface area contributed by atoms with Crippen molar-refractivity contribution in [3.63, 3.8) is 0 Å². The number of nitrogens with one attached hydrogen (secondary N) is 1. The maximum Gasteiger partial charge on any atom is 0.322 e. The molecule has 0 saturated carbocycles. The number of amides is 3. The van der Waals surface area contributed by atoms with Crippen LogP contribution in [0.1, 0.15) is 18.1 Å². The predicted octanol–water partition coefficient (Wildman–Crippen LogP) is 3.72. The second-order valence-electron chi connectivity index (χ2n) is 6.82. The molecule has 1 fully saturated rings. The van der Waals surface area contributed by atoms with Gasteiger partial charge in [-0.15, -0.1) is 0 Å². The van der Waals surface area contributed by atoms with Crippen molar-refractivity contribution in [2.45, 2.75) is 20.8 Å². The Morgan fingerprint density at radius 2 is 1.86 bits per heavy atom. The first-order chi connectivity index (χ1) is 13.4. The molecular formula is C21H24FN3O3. The second kappa shape index (κ2) is 8.29. The SMILES string of the molecule is CCOc1ccc(NC(=O)N2CCN(c3cc(C)cc(C)c3)C(=O)C2)c(F)c1. The van der Waals surface area contributed by atoms with Gasteiger partial charge in [-0.1, -0.05) is 6.07 Å². The van der Waals surface area contributed by atoms with Gasteiger partial charge in [-0.3, -0.25) is 4.79 Å². The van der Waals surface area contributed by atoms with Crippen LogP contribution in [0.3, 0.4) is 0 Å². The highest BCUT2D eigenvalue weighted by molar-refractivity contribution is 6.00. The van der Waals surface area contributed by atoms with Crippen LogP contribution >= 0.6 is 0 Å². The molecule has 0 aromatic heterocycles. The van der Waals surface area contributed by atoms with E-state index in [1.165, 1.54) is 17.0 Å². The molecule has 3 rings (SSSR count). The molecule has 1 saturated heterocycles. The van der Waals surface area contributed by atoms with Crippen LogP contribution in [0.25, 0.3) is 0 Å². The molecular weight excluding hydrogens is 361 g/mol. The van der Waals surface area contributed by atoms with E-state index in [0.29, 0.717) is 25.4 Å². The van der Waals surface area contributed by atoms with Crippen LogP contribution < -0.4 is 15.0 Å². The summed E-state index contributed by atoms with van der Waals surface area (Å²) in [6.07, 6.45) is 0. The number of nitrogens with zero attached hydrogens (tertiary/aromatic N) is 2. The standard InChI is InChI=1S/C21H24FN3O3/c1-4-28-17-5-6-19(18(22)12-17)23-21(27)24-7-8-25(20(26)13-24)16-10-14(2)9-15(3)11-16/h5-6,9-12H,4,7-8,13H2,1-3H3,(H,23,27). The molecule has 2 aromatic rings. The summed E-state index contributed by atoms with van der Waals surface area (Å²) in [5.41, 5.74) is 3.04. The third-order valence-corrected chi connectivity index (χ3v) is 4.52. The fourth-order valence-electron chi connectivity index (χ4n) is 3.27. The van der Waals surface area contributed by atoms with E-state index in [1.54, 1.807) is 11.0 Å². The van der Waals surface area contributed by atoms with E-state index >= 15 is 0 Å². The summed E-state index contributed by atoms with van der Waals surface area (Å²) in [4.78, 5) is 28.1. The number of ether oxygens (including phenoxy) is 1. The molecule has 2 aromatic carbocycles. The number of anilines is 2. The molecule has 28 heavy (non-hydrogen) atoms. The van der Waals surface area contributed by atoms with Crippen molar-refractivity contribution in [1.82, 2.24) is 4.90 Å². The lowest BCUT2D eigenvalue weighted by molar-refractivity contribution is -0.120. The molecule has 0 radical (unpaired) electrons. The Labute approximate surface area is 163 Å². The van der Waals surface area contributed by atoms with E-state index in [4.69, 9.17) is 4.74 Å². The number of aryl methyl sites for hydroxylation is 2. The highest BCUT2D eigenvalue weighted by Gasteiger charge is 2.28. The van der Waals surface area contributed by atoms with Gasteiger partial charge in [0.05, 0.1) is 12.3 Å². The Kier molecular flexibility index (Phi) is 5.82. The predicted molar refractivity (Wildman–Crippen MR) is 106 cm³/mol. The van der Waals surface area contributed by atoms with Crippen LogP contribution in [0.5, 0.6) is 5.75 Å². The normalized spacial score (nSPS) is 14.2.